The van der Waals surface area contributed by atoms with Crippen LogP contribution in [0, 0.1) is 5.92 Å². The van der Waals surface area contributed by atoms with E-state index in [4.69, 9.17) is 14.4 Å². The quantitative estimate of drug-likeness (QED) is 0.720. The van der Waals surface area contributed by atoms with Crippen LogP contribution in [0.2, 0.25) is 0 Å². The van der Waals surface area contributed by atoms with Gasteiger partial charge in [0.2, 0.25) is 5.89 Å². The normalized spacial score (nSPS) is 13.2. The van der Waals surface area contributed by atoms with Gasteiger partial charge in [-0.2, -0.15) is 4.98 Å². The molecule has 1 aromatic heterocycles. The Labute approximate surface area is 76.7 Å². The third kappa shape index (κ3) is 3.12. The lowest BCUT2D eigenvalue weighted by Gasteiger charge is -2.05. The summed E-state index contributed by atoms with van der Waals surface area (Å²) in [6, 6.07) is 0. The van der Waals surface area contributed by atoms with E-state index in [9.17, 15) is 0 Å². The first-order chi connectivity index (χ1) is 6.26. The van der Waals surface area contributed by atoms with Crippen molar-refractivity contribution in [3.63, 3.8) is 0 Å². The van der Waals surface area contributed by atoms with Crippen molar-refractivity contribution >= 4 is 0 Å². The maximum absolute atomic E-state index is 8.68. The monoisotopic (exact) mass is 186 g/mol. The minimum absolute atomic E-state index is 0.178. The summed E-state index contributed by atoms with van der Waals surface area (Å²) in [5.74, 6) is 1.23. The predicted molar refractivity (Wildman–Crippen MR) is 45.0 cm³/mol. The molecule has 0 radical (unpaired) electrons. The molecule has 1 N–H and O–H groups in total. The van der Waals surface area contributed by atoms with E-state index in [-0.39, 0.29) is 6.61 Å². The third-order valence-electron chi connectivity index (χ3n) is 1.63. The summed E-state index contributed by atoms with van der Waals surface area (Å²) in [4.78, 5) is 3.97. The van der Waals surface area contributed by atoms with Crippen LogP contribution in [0.15, 0.2) is 4.52 Å². The number of hydrogen-bond donors (Lipinski definition) is 1. The van der Waals surface area contributed by atoms with Crippen LogP contribution in [0.5, 0.6) is 0 Å². The van der Waals surface area contributed by atoms with Gasteiger partial charge in [-0.1, -0.05) is 12.1 Å². The van der Waals surface area contributed by atoms with Gasteiger partial charge in [-0.25, -0.2) is 0 Å². The van der Waals surface area contributed by atoms with Gasteiger partial charge in [0.25, 0.3) is 0 Å². The number of aliphatic hydroxyl groups is 1. The van der Waals surface area contributed by atoms with Crippen LogP contribution in [-0.4, -0.2) is 29.0 Å². The largest absolute Gasteiger partial charge is 0.388 e. The average molecular weight is 186 g/mol. The minimum atomic E-state index is -0.178. The van der Waals surface area contributed by atoms with Crippen molar-refractivity contribution in [1.29, 1.82) is 0 Å². The van der Waals surface area contributed by atoms with Crippen molar-refractivity contribution < 1.29 is 14.4 Å². The zero-order valence-electron chi connectivity index (χ0n) is 7.86. The number of hydrogen-bond acceptors (Lipinski definition) is 5. The van der Waals surface area contributed by atoms with E-state index in [1.54, 1.807) is 7.11 Å². The molecular weight excluding hydrogens is 172 g/mol. The maximum atomic E-state index is 8.68. The number of aliphatic hydroxyl groups excluding tert-OH is 1. The molecule has 0 aliphatic carbocycles. The highest BCUT2D eigenvalue weighted by Crippen LogP contribution is 2.06. The molecule has 74 valence electrons. The zero-order valence-corrected chi connectivity index (χ0v) is 7.86. The molecule has 0 spiro atoms. The fraction of sp³-hybridized carbons (Fsp3) is 0.750. The van der Waals surface area contributed by atoms with Gasteiger partial charge < -0.3 is 14.4 Å². The summed E-state index contributed by atoms with van der Waals surface area (Å²) in [5, 5.41) is 12.2. The van der Waals surface area contributed by atoms with Crippen LogP contribution in [0.25, 0.3) is 0 Å². The molecule has 13 heavy (non-hydrogen) atoms. The maximum Gasteiger partial charge on any atom is 0.227 e. The van der Waals surface area contributed by atoms with Gasteiger partial charge in [-0.05, 0) is 5.92 Å². The Morgan fingerprint density at radius 3 is 2.92 bits per heavy atom. The molecule has 0 saturated carbocycles. The fourth-order valence-electron chi connectivity index (χ4n) is 1.08. The molecule has 5 nitrogen and oxygen atoms in total. The molecule has 5 heteroatoms. The van der Waals surface area contributed by atoms with Crippen LogP contribution in [0.1, 0.15) is 18.6 Å². The molecule has 1 heterocycles. The van der Waals surface area contributed by atoms with Crippen molar-refractivity contribution in [3.05, 3.63) is 11.7 Å². The van der Waals surface area contributed by atoms with Crippen LogP contribution in [-0.2, 0) is 17.8 Å². The first-order valence-electron chi connectivity index (χ1n) is 4.17. The molecule has 0 bridgehead atoms. The molecule has 0 fully saturated rings. The van der Waals surface area contributed by atoms with Crippen LogP contribution in [0.4, 0.5) is 0 Å². The Morgan fingerprint density at radius 2 is 2.38 bits per heavy atom. The van der Waals surface area contributed by atoms with Gasteiger partial charge in [0.15, 0.2) is 5.82 Å². The van der Waals surface area contributed by atoms with Crippen LogP contribution < -0.4 is 0 Å². The number of methoxy groups -OCH3 is 1. The summed E-state index contributed by atoms with van der Waals surface area (Å²) < 4.78 is 9.87. The zero-order chi connectivity index (χ0) is 9.68. The topological polar surface area (TPSA) is 68.4 Å². The molecule has 1 rings (SSSR count). The highest BCUT2D eigenvalue weighted by molar-refractivity contribution is 4.85. The molecule has 1 aromatic rings. The Hall–Kier alpha value is -0.940. The second kappa shape index (κ2) is 4.94. The summed E-state index contributed by atoms with van der Waals surface area (Å²) >= 11 is 0. The van der Waals surface area contributed by atoms with Gasteiger partial charge in [0.05, 0.1) is 0 Å². The second-order valence-corrected chi connectivity index (χ2v) is 3.03. The summed E-state index contributed by atoms with van der Waals surface area (Å²) in [5.41, 5.74) is 0. The van der Waals surface area contributed by atoms with Gasteiger partial charge in [0.1, 0.15) is 6.61 Å². The molecule has 1 atom stereocenters. The van der Waals surface area contributed by atoms with Crippen molar-refractivity contribution in [2.45, 2.75) is 20.0 Å². The van der Waals surface area contributed by atoms with Gasteiger partial charge in [-0.15, -0.1) is 0 Å². The van der Waals surface area contributed by atoms with Gasteiger partial charge >= 0.3 is 0 Å². The second-order valence-electron chi connectivity index (χ2n) is 3.03. The first-order valence-corrected chi connectivity index (χ1v) is 4.17. The molecule has 1 unspecified atom stereocenters. The highest BCUT2D eigenvalue weighted by atomic mass is 16.5. The number of aromatic nitrogens is 2. The lowest BCUT2D eigenvalue weighted by atomic mass is 10.1. The molecular formula is C8H14N2O3. The summed E-state index contributed by atoms with van der Waals surface area (Å²) in [6.07, 6.45) is 0.681. The number of nitrogens with zero attached hydrogens (tertiary/aromatic N) is 2. The molecule has 0 aromatic carbocycles. The van der Waals surface area contributed by atoms with E-state index >= 15 is 0 Å². The van der Waals surface area contributed by atoms with E-state index in [1.807, 2.05) is 6.92 Å². The Morgan fingerprint density at radius 1 is 1.62 bits per heavy atom. The van der Waals surface area contributed by atoms with Gasteiger partial charge in [0, 0.05) is 20.1 Å². The summed E-state index contributed by atoms with van der Waals surface area (Å²) in [7, 11) is 1.66. The molecule has 0 saturated heterocycles. The van der Waals surface area contributed by atoms with Crippen molar-refractivity contribution in [2.75, 3.05) is 13.7 Å². The lowest BCUT2D eigenvalue weighted by Crippen LogP contribution is -2.07. The lowest BCUT2D eigenvalue weighted by molar-refractivity contribution is 0.155. The van der Waals surface area contributed by atoms with Crippen LogP contribution >= 0.6 is 0 Å². The van der Waals surface area contributed by atoms with Crippen molar-refractivity contribution in [3.8, 4) is 0 Å². The van der Waals surface area contributed by atoms with E-state index in [2.05, 4.69) is 10.1 Å². The standard InChI is InChI=1S/C8H14N2O3/c1-6(5-12-2)3-8-9-7(4-11)10-13-8/h6,11H,3-5H2,1-2H3. The minimum Gasteiger partial charge on any atom is -0.388 e. The average Bonchev–Trinajstić information content (AvgIpc) is 2.52. The van der Waals surface area contributed by atoms with E-state index in [0.717, 1.165) is 0 Å². The first kappa shape index (κ1) is 10.1. The smallest absolute Gasteiger partial charge is 0.227 e. The molecule has 0 amide bonds. The predicted octanol–water partition coefficient (Wildman–Crippen LogP) is 0.387. The number of ether oxygens (including phenoxy) is 1. The molecule has 0 aliphatic rings. The van der Waals surface area contributed by atoms with E-state index < -0.39 is 0 Å². The Balaban J connectivity index is 2.44. The third-order valence-corrected chi connectivity index (χ3v) is 1.63. The van der Waals surface area contributed by atoms with Crippen LogP contribution in [0.3, 0.4) is 0 Å². The summed E-state index contributed by atoms with van der Waals surface area (Å²) in [6.45, 7) is 2.52. The van der Waals surface area contributed by atoms with E-state index in [1.165, 1.54) is 0 Å². The Bertz CT molecular complexity index is 249. The fourth-order valence-corrected chi connectivity index (χ4v) is 1.08. The van der Waals surface area contributed by atoms with E-state index in [0.29, 0.717) is 30.7 Å². The number of rotatable bonds is 5. The highest BCUT2D eigenvalue weighted by Gasteiger charge is 2.09. The molecule has 0 aliphatic heterocycles. The van der Waals surface area contributed by atoms with Crippen molar-refractivity contribution in [2.24, 2.45) is 5.92 Å². The Kier molecular flexibility index (Phi) is 3.85. The van der Waals surface area contributed by atoms with Gasteiger partial charge in [-0.3, -0.25) is 0 Å². The SMILES string of the molecule is COCC(C)Cc1nc(CO)no1. The van der Waals surface area contributed by atoms with Crippen molar-refractivity contribution in [1.82, 2.24) is 10.1 Å².